The standard InChI is InChI=1S/C9H12BFIN2O3S/c1-5-8(17-18(10)12)7(11)9(16-5)14(2)4-3-6(13)15/h3-4,7-9H,1H2,2H3,(H2,13,15)/q-1/b4-3-/t7?,8?,9-/m1/s1. The van der Waals surface area contributed by atoms with Crippen LogP contribution in [0.1, 0.15) is 0 Å². The van der Waals surface area contributed by atoms with Crippen LogP contribution in [0.4, 0.5) is 4.39 Å². The number of nitrogens with zero attached hydrogens (tertiary/aromatic N) is 1. The van der Waals surface area contributed by atoms with Gasteiger partial charge in [0.05, 0.1) is 0 Å². The van der Waals surface area contributed by atoms with Gasteiger partial charge in [-0.05, 0) is 0 Å². The number of primary amides is 1. The summed E-state index contributed by atoms with van der Waals surface area (Å²) in [6.45, 7) is 9.04. The molecule has 2 unspecified atom stereocenters. The topological polar surface area (TPSA) is 64.8 Å². The molecule has 0 aromatic rings. The van der Waals surface area contributed by atoms with Crippen LogP contribution in [0, 0.1) is 0 Å². The first-order chi connectivity index (χ1) is 8.32. The second-order valence-electron chi connectivity index (χ2n) is 3.57. The first-order valence-corrected chi connectivity index (χ1v) is 8.59. The summed E-state index contributed by atoms with van der Waals surface area (Å²) < 4.78 is 24.5. The minimum atomic E-state index is -1.45. The van der Waals surface area contributed by atoms with Gasteiger partial charge < -0.3 is 0 Å². The zero-order valence-corrected chi connectivity index (χ0v) is 12.6. The molecule has 9 heteroatoms. The average Bonchev–Trinajstić information content (AvgIpc) is 2.53. The molecule has 1 amide bonds. The van der Waals surface area contributed by atoms with Gasteiger partial charge in [0.25, 0.3) is 0 Å². The van der Waals surface area contributed by atoms with Crippen LogP contribution in [0.3, 0.4) is 0 Å². The number of halogens is 2. The number of nitrogens with two attached hydrogens (primary N) is 1. The monoisotopic (exact) mass is 385 g/mol. The van der Waals surface area contributed by atoms with Crippen LogP contribution in [0.2, 0.25) is 0 Å². The number of amides is 1. The Balaban J connectivity index is 2.73. The van der Waals surface area contributed by atoms with Crippen LogP contribution in [0.15, 0.2) is 24.6 Å². The Morgan fingerprint density at radius 2 is 2.44 bits per heavy atom. The molecule has 2 N–H and O–H groups in total. The Hall–Kier alpha value is -0.415. The second kappa shape index (κ2) is 6.66. The van der Waals surface area contributed by atoms with E-state index in [-0.39, 0.29) is 5.76 Å². The Bertz CT molecular complexity index is 453. The van der Waals surface area contributed by atoms with Crippen molar-refractivity contribution in [2.75, 3.05) is 7.05 Å². The van der Waals surface area contributed by atoms with Crippen LogP contribution < -0.4 is 5.73 Å². The number of alkyl halides is 1. The van der Waals surface area contributed by atoms with E-state index in [9.17, 15) is 9.18 Å². The van der Waals surface area contributed by atoms with E-state index in [2.05, 4.69) is 6.58 Å². The maximum absolute atomic E-state index is 14.1. The van der Waals surface area contributed by atoms with Crippen molar-refractivity contribution in [3.63, 3.8) is 0 Å². The first kappa shape index (κ1) is 15.6. The normalized spacial score (nSPS) is 27.9. The molecule has 18 heavy (non-hydrogen) atoms. The summed E-state index contributed by atoms with van der Waals surface area (Å²) in [4.78, 5) is 12.0. The third kappa shape index (κ3) is 4.06. The van der Waals surface area contributed by atoms with Crippen LogP contribution in [0.5, 0.6) is 0 Å². The number of carbonyl (C=O) groups is 1. The summed E-state index contributed by atoms with van der Waals surface area (Å²) in [5.74, 6) is -0.455. The van der Waals surface area contributed by atoms with Crippen molar-refractivity contribution in [2.24, 2.45) is 5.73 Å². The van der Waals surface area contributed by atoms with Crippen LogP contribution in [-0.4, -0.2) is 42.9 Å². The Morgan fingerprint density at radius 1 is 1.83 bits per heavy atom. The van der Waals surface area contributed by atoms with E-state index in [4.69, 9.17) is 21.2 Å². The van der Waals surface area contributed by atoms with Gasteiger partial charge in [-0.3, -0.25) is 0 Å². The maximum atomic E-state index is 14.1. The number of rotatable bonds is 4. The molecule has 0 radical (unpaired) electrons. The summed E-state index contributed by atoms with van der Waals surface area (Å²) >= 11 is 1.83. The molecule has 1 fully saturated rings. The SMILES string of the molecule is B#[S-](I)OC1C(=C)O[C@@H](N(C)/C=C\C(N)=O)C1F. The molecule has 1 heterocycles. The van der Waals surface area contributed by atoms with Gasteiger partial charge >= 0.3 is 120 Å². The molecule has 0 saturated carbocycles. The Morgan fingerprint density at radius 3 is 2.94 bits per heavy atom. The molecular formula is C9H12BFIN2O3S-. The molecular weight excluding hydrogens is 373 g/mol. The van der Waals surface area contributed by atoms with Crippen molar-refractivity contribution in [3.05, 3.63) is 24.6 Å². The summed E-state index contributed by atoms with van der Waals surface area (Å²) in [6, 6.07) is 0. The molecule has 0 aromatic carbocycles. The van der Waals surface area contributed by atoms with E-state index >= 15 is 0 Å². The van der Waals surface area contributed by atoms with E-state index in [1.807, 2.05) is 21.2 Å². The van der Waals surface area contributed by atoms with Gasteiger partial charge in [-0.25, -0.2) is 0 Å². The summed E-state index contributed by atoms with van der Waals surface area (Å²) in [7, 11) is 0.647. The molecule has 1 saturated heterocycles. The number of hydrogen-bond acceptors (Lipinski definition) is 5. The molecule has 0 aliphatic carbocycles. The van der Waals surface area contributed by atoms with Crippen molar-refractivity contribution >= 4 is 41.2 Å². The van der Waals surface area contributed by atoms with Gasteiger partial charge in [0.1, 0.15) is 0 Å². The summed E-state index contributed by atoms with van der Waals surface area (Å²) in [5, 5.41) is 0. The van der Waals surface area contributed by atoms with Gasteiger partial charge in [0, 0.05) is 0 Å². The summed E-state index contributed by atoms with van der Waals surface area (Å²) in [5.41, 5.74) is 4.95. The third-order valence-electron chi connectivity index (χ3n) is 2.22. The molecule has 100 valence electrons. The molecule has 1 rings (SSSR count). The van der Waals surface area contributed by atoms with Crippen molar-refractivity contribution < 1.29 is 18.1 Å². The number of carbonyl (C=O) groups excluding carboxylic acids is 1. The van der Waals surface area contributed by atoms with Crippen molar-refractivity contribution in [3.8, 4) is 0 Å². The van der Waals surface area contributed by atoms with Crippen molar-refractivity contribution in [1.29, 1.82) is 0 Å². The van der Waals surface area contributed by atoms with Crippen molar-refractivity contribution in [1.82, 2.24) is 4.90 Å². The van der Waals surface area contributed by atoms with Gasteiger partial charge in [-0.15, -0.1) is 0 Å². The van der Waals surface area contributed by atoms with Crippen LogP contribution in [0.25, 0.3) is 0 Å². The van der Waals surface area contributed by atoms with Gasteiger partial charge in [0.2, 0.25) is 0 Å². The van der Waals surface area contributed by atoms with E-state index in [0.29, 0.717) is 0 Å². The van der Waals surface area contributed by atoms with Crippen LogP contribution in [-0.2, 0) is 21.3 Å². The summed E-state index contributed by atoms with van der Waals surface area (Å²) in [6.07, 6.45) is -0.837. The molecule has 0 bridgehead atoms. The second-order valence-corrected chi connectivity index (χ2v) is 6.86. The molecule has 5 nitrogen and oxygen atoms in total. The predicted octanol–water partition coefficient (Wildman–Crippen LogP) is 0.477. The molecule has 1 aliphatic heterocycles. The van der Waals surface area contributed by atoms with E-state index < -0.39 is 32.0 Å². The van der Waals surface area contributed by atoms with E-state index in [0.717, 1.165) is 6.08 Å². The van der Waals surface area contributed by atoms with Crippen molar-refractivity contribution in [2.45, 2.75) is 18.5 Å². The number of hydrogen-bond donors (Lipinski definition) is 1. The minimum absolute atomic E-state index is 0.173. The van der Waals surface area contributed by atoms with Gasteiger partial charge in [-0.2, -0.15) is 0 Å². The zero-order valence-electron chi connectivity index (χ0n) is 9.58. The van der Waals surface area contributed by atoms with Crippen LogP contribution >= 0.6 is 21.2 Å². The van der Waals surface area contributed by atoms with E-state index in [1.165, 1.54) is 11.1 Å². The molecule has 0 spiro atoms. The fraction of sp³-hybridized carbons (Fsp3) is 0.444. The molecule has 3 atom stereocenters. The first-order valence-electron chi connectivity index (χ1n) is 4.84. The fourth-order valence-corrected chi connectivity index (χ4v) is 2.49. The average molecular weight is 385 g/mol. The van der Waals surface area contributed by atoms with E-state index in [1.54, 1.807) is 7.05 Å². The Labute approximate surface area is 120 Å². The molecule has 0 aromatic heterocycles. The Kier molecular flexibility index (Phi) is 5.79. The third-order valence-corrected chi connectivity index (χ3v) is 3.24. The predicted molar refractivity (Wildman–Crippen MR) is 77.0 cm³/mol. The zero-order chi connectivity index (χ0) is 13.9. The molecule has 1 aliphatic rings. The fourth-order valence-electron chi connectivity index (χ4n) is 1.40. The van der Waals surface area contributed by atoms with Gasteiger partial charge in [-0.1, -0.05) is 0 Å². The number of ether oxygens (including phenoxy) is 1. The van der Waals surface area contributed by atoms with Gasteiger partial charge in [0.15, 0.2) is 0 Å². The quantitative estimate of drug-likeness (QED) is 0.331.